The second-order valence-corrected chi connectivity index (χ2v) is 2.95. The second-order valence-electron chi connectivity index (χ2n) is 2.95. The molecule has 2 heteroatoms. The van der Waals surface area contributed by atoms with E-state index in [-0.39, 0.29) is 12.0 Å². The maximum Gasteiger partial charge on any atom is 0.129 e. The first-order valence-electron chi connectivity index (χ1n) is 4.02. The van der Waals surface area contributed by atoms with Crippen molar-refractivity contribution in [3.8, 4) is 12.3 Å². The summed E-state index contributed by atoms with van der Waals surface area (Å²) in [6, 6.07) is 4.60. The molecule has 0 aliphatic carbocycles. The Morgan fingerprint density at radius 3 is 2.92 bits per heavy atom. The minimum atomic E-state index is -0.898. The minimum absolute atomic E-state index is 0.139. The normalized spacial score (nSPS) is 12.2. The molecule has 0 spiro atoms. The molecule has 0 bridgehead atoms. The summed E-state index contributed by atoms with van der Waals surface area (Å²) in [4.78, 5) is 0. The fourth-order valence-electron chi connectivity index (χ4n) is 1.14. The average Bonchev–Trinajstić information content (AvgIpc) is 2.09. The van der Waals surface area contributed by atoms with E-state index >= 15 is 0 Å². The van der Waals surface area contributed by atoms with Crippen LogP contribution in [0.25, 0.3) is 0 Å². The van der Waals surface area contributed by atoms with Gasteiger partial charge in [0.25, 0.3) is 0 Å². The summed E-state index contributed by atoms with van der Waals surface area (Å²) in [7, 11) is 0. The van der Waals surface area contributed by atoms with Gasteiger partial charge in [-0.2, -0.15) is 0 Å². The van der Waals surface area contributed by atoms with Gasteiger partial charge in [0, 0.05) is 12.0 Å². The van der Waals surface area contributed by atoms with E-state index in [0.29, 0.717) is 0 Å². The quantitative estimate of drug-likeness (QED) is 0.688. The number of aliphatic hydroxyl groups excluding tert-OH is 1. The number of terminal acetylenes is 1. The molecule has 0 saturated carbocycles. The monoisotopic (exact) mass is 178 g/mol. The molecule has 0 radical (unpaired) electrons. The Kier molecular flexibility index (Phi) is 3.05. The molecule has 0 amide bonds. The van der Waals surface area contributed by atoms with Gasteiger partial charge in [-0.15, -0.1) is 12.3 Å². The molecule has 13 heavy (non-hydrogen) atoms. The highest BCUT2D eigenvalue weighted by Gasteiger charge is 2.11. The van der Waals surface area contributed by atoms with E-state index in [1.54, 1.807) is 12.1 Å². The molecular formula is C11H11FO. The van der Waals surface area contributed by atoms with Crippen molar-refractivity contribution in [1.29, 1.82) is 0 Å². The largest absolute Gasteiger partial charge is 0.387 e. The molecule has 1 rings (SSSR count). The Bertz CT molecular complexity index is 338. The van der Waals surface area contributed by atoms with Crippen molar-refractivity contribution in [2.45, 2.75) is 19.4 Å². The first-order valence-corrected chi connectivity index (χ1v) is 4.02. The Morgan fingerprint density at radius 2 is 2.31 bits per heavy atom. The van der Waals surface area contributed by atoms with Gasteiger partial charge in [-0.05, 0) is 13.0 Å². The van der Waals surface area contributed by atoms with Crippen molar-refractivity contribution in [3.63, 3.8) is 0 Å². The smallest absolute Gasteiger partial charge is 0.129 e. The highest BCUT2D eigenvalue weighted by atomic mass is 19.1. The highest BCUT2D eigenvalue weighted by molar-refractivity contribution is 5.26. The molecule has 68 valence electrons. The van der Waals surface area contributed by atoms with Crippen molar-refractivity contribution in [2.24, 2.45) is 0 Å². The zero-order chi connectivity index (χ0) is 9.84. The van der Waals surface area contributed by atoms with Gasteiger partial charge in [-0.3, -0.25) is 0 Å². The third-order valence-electron chi connectivity index (χ3n) is 1.82. The molecule has 0 aromatic heterocycles. The number of hydrogen-bond donors (Lipinski definition) is 1. The molecule has 1 nitrogen and oxygen atoms in total. The summed E-state index contributed by atoms with van der Waals surface area (Å²) in [5, 5.41) is 9.44. The summed E-state index contributed by atoms with van der Waals surface area (Å²) >= 11 is 0. The number of halogens is 1. The van der Waals surface area contributed by atoms with Crippen molar-refractivity contribution in [1.82, 2.24) is 0 Å². The third kappa shape index (κ3) is 2.30. The lowest BCUT2D eigenvalue weighted by Gasteiger charge is -2.09. The second kappa shape index (κ2) is 4.06. The molecule has 1 aromatic rings. The van der Waals surface area contributed by atoms with Crippen LogP contribution in [-0.4, -0.2) is 5.11 Å². The van der Waals surface area contributed by atoms with E-state index in [9.17, 15) is 9.50 Å². The van der Waals surface area contributed by atoms with Crippen molar-refractivity contribution in [3.05, 3.63) is 35.1 Å². The van der Waals surface area contributed by atoms with E-state index in [1.807, 2.05) is 6.92 Å². The number of hydrogen-bond acceptors (Lipinski definition) is 1. The first-order chi connectivity index (χ1) is 6.15. The lowest BCUT2D eigenvalue weighted by Crippen LogP contribution is -1.99. The van der Waals surface area contributed by atoms with Gasteiger partial charge in [0.15, 0.2) is 0 Å². The fourth-order valence-corrected chi connectivity index (χ4v) is 1.14. The lowest BCUT2D eigenvalue weighted by atomic mass is 10.0. The van der Waals surface area contributed by atoms with Crippen molar-refractivity contribution >= 4 is 0 Å². The summed E-state index contributed by atoms with van der Waals surface area (Å²) < 4.78 is 13.1. The Morgan fingerprint density at radius 1 is 1.62 bits per heavy atom. The summed E-state index contributed by atoms with van der Waals surface area (Å²) in [6.45, 7) is 1.84. The fraction of sp³-hybridized carbons (Fsp3) is 0.273. The van der Waals surface area contributed by atoms with Gasteiger partial charge >= 0.3 is 0 Å². The zero-order valence-electron chi connectivity index (χ0n) is 7.42. The van der Waals surface area contributed by atoms with E-state index < -0.39 is 11.9 Å². The molecule has 0 aliphatic rings. The standard InChI is InChI=1S/C11H11FO/c1-3-4-11(13)9-7-8(2)5-6-10(9)12/h1,5-7,11,13H,4H2,2H3. The molecule has 1 N–H and O–H groups in total. The molecular weight excluding hydrogens is 167 g/mol. The van der Waals surface area contributed by atoms with Crippen LogP contribution in [0.15, 0.2) is 18.2 Å². The van der Waals surface area contributed by atoms with Gasteiger partial charge in [-0.1, -0.05) is 17.7 Å². The third-order valence-corrected chi connectivity index (χ3v) is 1.82. The van der Waals surface area contributed by atoms with E-state index in [1.165, 1.54) is 6.07 Å². The number of aliphatic hydroxyl groups is 1. The van der Waals surface area contributed by atoms with Crippen LogP contribution in [-0.2, 0) is 0 Å². The average molecular weight is 178 g/mol. The molecule has 1 aromatic carbocycles. The van der Waals surface area contributed by atoms with Crippen LogP contribution in [0.3, 0.4) is 0 Å². The maximum absolute atomic E-state index is 13.1. The van der Waals surface area contributed by atoms with Crippen LogP contribution >= 0.6 is 0 Å². The van der Waals surface area contributed by atoms with Gasteiger partial charge in [0.2, 0.25) is 0 Å². The Balaban J connectivity index is 3.00. The maximum atomic E-state index is 13.1. The highest BCUT2D eigenvalue weighted by Crippen LogP contribution is 2.20. The van der Waals surface area contributed by atoms with Crippen LogP contribution in [0.1, 0.15) is 23.7 Å². The summed E-state index contributed by atoms with van der Waals surface area (Å²) in [6.07, 6.45) is 4.26. The molecule has 0 aliphatic heterocycles. The van der Waals surface area contributed by atoms with Gasteiger partial charge in [0.1, 0.15) is 5.82 Å². The van der Waals surface area contributed by atoms with Gasteiger partial charge in [-0.25, -0.2) is 4.39 Å². The van der Waals surface area contributed by atoms with Crippen LogP contribution in [0.4, 0.5) is 4.39 Å². The number of benzene rings is 1. The summed E-state index contributed by atoms with van der Waals surface area (Å²) in [5.74, 6) is 1.89. The minimum Gasteiger partial charge on any atom is -0.387 e. The topological polar surface area (TPSA) is 20.2 Å². The van der Waals surface area contributed by atoms with Crippen molar-refractivity contribution < 1.29 is 9.50 Å². The van der Waals surface area contributed by atoms with Crippen LogP contribution < -0.4 is 0 Å². The molecule has 0 fully saturated rings. The van der Waals surface area contributed by atoms with Crippen LogP contribution in [0.5, 0.6) is 0 Å². The van der Waals surface area contributed by atoms with Gasteiger partial charge in [0.05, 0.1) is 6.10 Å². The van der Waals surface area contributed by atoms with E-state index in [0.717, 1.165) is 5.56 Å². The van der Waals surface area contributed by atoms with Gasteiger partial charge < -0.3 is 5.11 Å². The van der Waals surface area contributed by atoms with Crippen molar-refractivity contribution in [2.75, 3.05) is 0 Å². The van der Waals surface area contributed by atoms with Crippen LogP contribution in [0, 0.1) is 25.1 Å². The summed E-state index contributed by atoms with van der Waals surface area (Å²) in [5.41, 5.74) is 1.19. The van der Waals surface area contributed by atoms with E-state index in [2.05, 4.69) is 5.92 Å². The predicted octanol–water partition coefficient (Wildman–Crippen LogP) is 2.19. The zero-order valence-corrected chi connectivity index (χ0v) is 7.42. The predicted molar refractivity (Wildman–Crippen MR) is 49.5 cm³/mol. The molecule has 1 atom stereocenters. The van der Waals surface area contributed by atoms with Crippen LogP contribution in [0.2, 0.25) is 0 Å². The first kappa shape index (κ1) is 9.76. The Labute approximate surface area is 77.2 Å². The molecule has 1 unspecified atom stereocenters. The lowest BCUT2D eigenvalue weighted by molar-refractivity contribution is 0.179. The van der Waals surface area contributed by atoms with E-state index in [4.69, 9.17) is 6.42 Å². The molecule has 0 heterocycles. The SMILES string of the molecule is C#CCC(O)c1cc(C)ccc1F. The number of rotatable bonds is 2. The number of aryl methyl sites for hydroxylation is 1. The Hall–Kier alpha value is -1.33. The molecule has 0 saturated heterocycles.